The second kappa shape index (κ2) is 6.90. The van der Waals surface area contributed by atoms with Gasteiger partial charge in [0.1, 0.15) is 6.10 Å². The van der Waals surface area contributed by atoms with Crippen LogP contribution in [0.3, 0.4) is 0 Å². The molecule has 0 N–H and O–H groups in total. The Morgan fingerprint density at radius 1 is 0.958 bits per heavy atom. The fourth-order valence-corrected chi connectivity index (χ4v) is 4.08. The standard InChI is InChI=1S/C22H30O2/c1-15(11-22(23)24-21-5-3-2-4-6-21)18-12-19(16-7-8-16)14-20(13-18)17-9-10-17/h12-17,21H,2-11H2,1H3. The molecular formula is C22H30O2. The van der Waals surface area contributed by atoms with E-state index in [0.29, 0.717) is 6.42 Å². The second-order valence-electron chi connectivity index (χ2n) is 8.34. The van der Waals surface area contributed by atoms with E-state index in [1.54, 1.807) is 0 Å². The third kappa shape index (κ3) is 4.02. The summed E-state index contributed by atoms with van der Waals surface area (Å²) in [6.07, 6.45) is 11.9. The van der Waals surface area contributed by atoms with Gasteiger partial charge in [-0.05, 0) is 85.8 Å². The molecule has 0 aromatic heterocycles. The summed E-state index contributed by atoms with van der Waals surface area (Å²) in [7, 11) is 0. The van der Waals surface area contributed by atoms with Gasteiger partial charge < -0.3 is 4.74 Å². The van der Waals surface area contributed by atoms with Crippen molar-refractivity contribution in [3.05, 3.63) is 34.9 Å². The summed E-state index contributed by atoms with van der Waals surface area (Å²) in [6.45, 7) is 2.19. The van der Waals surface area contributed by atoms with Crippen molar-refractivity contribution in [2.24, 2.45) is 0 Å². The van der Waals surface area contributed by atoms with Crippen molar-refractivity contribution in [1.29, 1.82) is 0 Å². The van der Waals surface area contributed by atoms with Crippen LogP contribution in [0.2, 0.25) is 0 Å². The van der Waals surface area contributed by atoms with Crippen molar-refractivity contribution in [3.8, 4) is 0 Å². The zero-order valence-corrected chi connectivity index (χ0v) is 14.9. The molecule has 1 aromatic carbocycles. The van der Waals surface area contributed by atoms with Crippen LogP contribution in [0.1, 0.15) is 106 Å². The predicted molar refractivity (Wildman–Crippen MR) is 96.4 cm³/mol. The zero-order chi connectivity index (χ0) is 16.5. The highest BCUT2D eigenvalue weighted by Crippen LogP contribution is 2.46. The van der Waals surface area contributed by atoms with Gasteiger partial charge in [-0.1, -0.05) is 31.5 Å². The maximum Gasteiger partial charge on any atom is 0.306 e. The van der Waals surface area contributed by atoms with Crippen LogP contribution in [0.25, 0.3) is 0 Å². The van der Waals surface area contributed by atoms with Crippen LogP contribution in [0, 0.1) is 0 Å². The minimum absolute atomic E-state index is 0.000744. The van der Waals surface area contributed by atoms with E-state index in [1.165, 1.54) is 61.6 Å². The average Bonchev–Trinajstić information content (AvgIpc) is 3.48. The number of esters is 1. The molecule has 1 aromatic rings. The molecule has 2 heteroatoms. The van der Waals surface area contributed by atoms with Crippen molar-refractivity contribution < 1.29 is 9.53 Å². The number of ether oxygens (including phenoxy) is 1. The van der Waals surface area contributed by atoms with E-state index >= 15 is 0 Å². The summed E-state index contributed by atoms with van der Waals surface area (Å²) in [5, 5.41) is 0. The Labute approximate surface area is 146 Å². The van der Waals surface area contributed by atoms with Gasteiger partial charge in [0.25, 0.3) is 0 Å². The Hall–Kier alpha value is -1.31. The molecule has 2 nitrogen and oxygen atoms in total. The van der Waals surface area contributed by atoms with Crippen LogP contribution in [0.4, 0.5) is 0 Å². The van der Waals surface area contributed by atoms with Crippen LogP contribution in [-0.4, -0.2) is 12.1 Å². The quantitative estimate of drug-likeness (QED) is 0.616. The van der Waals surface area contributed by atoms with Crippen LogP contribution in [0.15, 0.2) is 18.2 Å². The molecule has 1 unspecified atom stereocenters. The molecule has 130 valence electrons. The Kier molecular flexibility index (Phi) is 4.65. The molecular weight excluding hydrogens is 296 g/mol. The van der Waals surface area contributed by atoms with Gasteiger partial charge in [0, 0.05) is 0 Å². The lowest BCUT2D eigenvalue weighted by Gasteiger charge is -2.23. The molecule has 0 radical (unpaired) electrons. The summed E-state index contributed by atoms with van der Waals surface area (Å²) in [4.78, 5) is 12.3. The Morgan fingerprint density at radius 2 is 1.54 bits per heavy atom. The molecule has 24 heavy (non-hydrogen) atoms. The first-order valence-electron chi connectivity index (χ1n) is 10.0. The van der Waals surface area contributed by atoms with E-state index in [1.807, 2.05) is 0 Å². The highest BCUT2D eigenvalue weighted by molar-refractivity contribution is 5.70. The van der Waals surface area contributed by atoms with E-state index in [0.717, 1.165) is 24.7 Å². The summed E-state index contributed by atoms with van der Waals surface area (Å²) in [6, 6.07) is 7.16. The topological polar surface area (TPSA) is 26.3 Å². The number of carbonyl (C=O) groups is 1. The van der Waals surface area contributed by atoms with E-state index < -0.39 is 0 Å². The number of carbonyl (C=O) groups excluding carboxylic acids is 1. The summed E-state index contributed by atoms with van der Waals surface area (Å²) in [5.41, 5.74) is 4.38. The predicted octanol–water partition coefficient (Wildman–Crippen LogP) is 5.81. The highest BCUT2D eigenvalue weighted by atomic mass is 16.5. The van der Waals surface area contributed by atoms with Crippen LogP contribution < -0.4 is 0 Å². The van der Waals surface area contributed by atoms with Crippen molar-refractivity contribution in [3.63, 3.8) is 0 Å². The maximum absolute atomic E-state index is 12.3. The van der Waals surface area contributed by atoms with Gasteiger partial charge in [-0.25, -0.2) is 0 Å². The minimum Gasteiger partial charge on any atom is -0.462 e. The fourth-order valence-electron chi connectivity index (χ4n) is 4.08. The largest absolute Gasteiger partial charge is 0.462 e. The van der Waals surface area contributed by atoms with Crippen LogP contribution in [-0.2, 0) is 9.53 Å². The number of benzene rings is 1. The van der Waals surface area contributed by atoms with Crippen molar-refractivity contribution in [2.75, 3.05) is 0 Å². The molecule has 3 aliphatic carbocycles. The molecule has 3 fully saturated rings. The Balaban J connectivity index is 1.41. The summed E-state index contributed by atoms with van der Waals surface area (Å²) >= 11 is 0. The van der Waals surface area contributed by atoms with E-state index in [2.05, 4.69) is 25.1 Å². The molecule has 0 bridgehead atoms. The lowest BCUT2D eigenvalue weighted by molar-refractivity contribution is -0.150. The first-order valence-corrected chi connectivity index (χ1v) is 10.0. The van der Waals surface area contributed by atoms with E-state index in [9.17, 15) is 4.79 Å². The van der Waals surface area contributed by atoms with Gasteiger partial charge in [-0.2, -0.15) is 0 Å². The van der Waals surface area contributed by atoms with Gasteiger partial charge in [-0.15, -0.1) is 0 Å². The van der Waals surface area contributed by atoms with Gasteiger partial charge in [0.05, 0.1) is 6.42 Å². The zero-order valence-electron chi connectivity index (χ0n) is 14.9. The van der Waals surface area contributed by atoms with Gasteiger partial charge in [0.15, 0.2) is 0 Å². The summed E-state index contributed by atoms with van der Waals surface area (Å²) in [5.74, 6) is 1.82. The van der Waals surface area contributed by atoms with Crippen LogP contribution >= 0.6 is 0 Å². The first kappa shape index (κ1) is 16.2. The van der Waals surface area contributed by atoms with Crippen molar-refractivity contribution >= 4 is 5.97 Å². The number of hydrogen-bond donors (Lipinski definition) is 0. The second-order valence-corrected chi connectivity index (χ2v) is 8.34. The third-order valence-electron chi connectivity index (χ3n) is 5.99. The SMILES string of the molecule is CC(CC(=O)OC1CCCCC1)c1cc(C2CC2)cc(C2CC2)c1. The Bertz CT molecular complexity index is 562. The molecule has 3 aliphatic rings. The smallest absolute Gasteiger partial charge is 0.306 e. The van der Waals surface area contributed by atoms with Crippen molar-refractivity contribution in [2.45, 2.75) is 95.0 Å². The molecule has 0 heterocycles. The van der Waals surface area contributed by atoms with Gasteiger partial charge in [-0.3, -0.25) is 4.79 Å². The van der Waals surface area contributed by atoms with Crippen molar-refractivity contribution in [1.82, 2.24) is 0 Å². The van der Waals surface area contributed by atoms with Gasteiger partial charge in [0.2, 0.25) is 0 Å². The molecule has 0 saturated heterocycles. The van der Waals surface area contributed by atoms with Crippen LogP contribution in [0.5, 0.6) is 0 Å². The normalized spacial score (nSPS) is 23.0. The molecule has 0 amide bonds. The lowest BCUT2D eigenvalue weighted by Crippen LogP contribution is -2.21. The average molecular weight is 326 g/mol. The number of hydrogen-bond acceptors (Lipinski definition) is 2. The Morgan fingerprint density at radius 3 is 2.08 bits per heavy atom. The first-order chi connectivity index (χ1) is 11.7. The third-order valence-corrected chi connectivity index (χ3v) is 5.99. The lowest BCUT2D eigenvalue weighted by atomic mass is 9.91. The molecule has 4 rings (SSSR count). The fraction of sp³-hybridized carbons (Fsp3) is 0.682. The molecule has 0 spiro atoms. The highest BCUT2D eigenvalue weighted by Gasteiger charge is 2.29. The summed E-state index contributed by atoms with van der Waals surface area (Å²) < 4.78 is 5.72. The maximum atomic E-state index is 12.3. The van der Waals surface area contributed by atoms with Gasteiger partial charge >= 0.3 is 5.97 Å². The van der Waals surface area contributed by atoms with E-state index in [-0.39, 0.29) is 18.0 Å². The molecule has 0 aliphatic heterocycles. The number of rotatable bonds is 6. The monoisotopic (exact) mass is 326 g/mol. The van der Waals surface area contributed by atoms with E-state index in [4.69, 9.17) is 4.74 Å². The molecule has 1 atom stereocenters. The molecule has 3 saturated carbocycles. The minimum atomic E-state index is -0.000744.